The number of carbonyl (C=O) groups is 1. The summed E-state index contributed by atoms with van der Waals surface area (Å²) >= 11 is 12.3. The van der Waals surface area contributed by atoms with Gasteiger partial charge < -0.3 is 9.73 Å². The van der Waals surface area contributed by atoms with Crippen LogP contribution in [0.25, 0.3) is 28.3 Å². The Morgan fingerprint density at radius 2 is 1.98 bits per heavy atom. The molecule has 1 N–H and O–H groups in total. The highest BCUT2D eigenvalue weighted by Gasteiger charge is 2.26. The third kappa shape index (κ3) is 5.70. The minimum absolute atomic E-state index is 0.187. The maximum Gasteiger partial charge on any atom is 0.227 e. The number of rotatable bonds is 4. The Hall–Kier alpha value is -4.35. The molecule has 5 heterocycles. The lowest BCUT2D eigenvalue weighted by Crippen LogP contribution is -2.22. The normalized spacial score (nSPS) is 17.8. The summed E-state index contributed by atoms with van der Waals surface area (Å²) in [5.74, 6) is -0.678. The number of alkyl halides is 1. The predicted octanol–water partition coefficient (Wildman–Crippen LogP) is 6.83. The maximum absolute atomic E-state index is 14.6. The predicted molar refractivity (Wildman–Crippen MR) is 160 cm³/mol. The molecule has 0 saturated heterocycles. The van der Waals surface area contributed by atoms with Gasteiger partial charge in [0.1, 0.15) is 5.76 Å². The molecule has 4 aromatic heterocycles. The van der Waals surface area contributed by atoms with Gasteiger partial charge in [-0.25, -0.2) is 13.8 Å². The molecule has 1 aromatic carbocycles. The number of amides is 1. The van der Waals surface area contributed by atoms with E-state index in [1.807, 2.05) is 6.92 Å². The topological polar surface area (TPSA) is 121 Å². The Morgan fingerprint density at radius 1 is 1.14 bits per heavy atom. The fourth-order valence-electron chi connectivity index (χ4n) is 5.36. The second kappa shape index (κ2) is 11.7. The molecule has 0 aliphatic carbocycles. The summed E-state index contributed by atoms with van der Waals surface area (Å²) in [5.41, 5.74) is 3.29. The van der Waals surface area contributed by atoms with E-state index >= 15 is 0 Å². The van der Waals surface area contributed by atoms with Crippen LogP contribution in [0, 0.1) is 5.92 Å². The standard InChI is InChI=1S/C30H26Cl2FN7O3/c1-16-4-3-5-20(23-10-18(8-9-34-23)29-24(36-30(16)42)13-35-40(29)17(2)33)22-15-43-27(12-26(22)41)21-11-19(31)6-7-25(21)39-14-28(32)37-38-39/h6-17,20H,3-5H2,1-2H3,(H,36,42)/t16-,17?,20?/m0/s1. The number of fused-ring (bicyclic) bond motifs is 4. The van der Waals surface area contributed by atoms with Crippen molar-refractivity contribution in [1.29, 1.82) is 0 Å². The molecule has 0 spiro atoms. The van der Waals surface area contributed by atoms with E-state index in [0.717, 1.165) is 0 Å². The van der Waals surface area contributed by atoms with Gasteiger partial charge in [-0.05, 0) is 50.1 Å². The minimum atomic E-state index is -1.44. The van der Waals surface area contributed by atoms with E-state index in [1.54, 1.807) is 36.5 Å². The van der Waals surface area contributed by atoms with Crippen molar-refractivity contribution < 1.29 is 13.6 Å². The van der Waals surface area contributed by atoms with Crippen molar-refractivity contribution in [1.82, 2.24) is 29.8 Å². The summed E-state index contributed by atoms with van der Waals surface area (Å²) in [6.07, 6.45) is 6.34. The summed E-state index contributed by atoms with van der Waals surface area (Å²) in [7, 11) is 0. The van der Waals surface area contributed by atoms with E-state index in [-0.39, 0.29) is 28.2 Å². The molecule has 2 unspecified atom stereocenters. The molecule has 5 aromatic rings. The zero-order chi connectivity index (χ0) is 30.2. The van der Waals surface area contributed by atoms with Gasteiger partial charge in [0.15, 0.2) is 16.9 Å². The molecular formula is C30H26Cl2FN7O3. The van der Waals surface area contributed by atoms with E-state index < -0.39 is 12.2 Å². The van der Waals surface area contributed by atoms with Crippen LogP contribution in [0.2, 0.25) is 10.2 Å². The van der Waals surface area contributed by atoms with Crippen molar-refractivity contribution in [3.63, 3.8) is 0 Å². The highest BCUT2D eigenvalue weighted by molar-refractivity contribution is 6.31. The third-order valence-electron chi connectivity index (χ3n) is 7.55. The lowest BCUT2D eigenvalue weighted by molar-refractivity contribution is -0.119. The van der Waals surface area contributed by atoms with Crippen molar-refractivity contribution in [3.8, 4) is 28.3 Å². The number of halogens is 3. The van der Waals surface area contributed by atoms with Crippen LogP contribution >= 0.6 is 23.2 Å². The number of hydrogen-bond acceptors (Lipinski definition) is 7. The lowest BCUT2D eigenvalue weighted by Gasteiger charge is -2.20. The van der Waals surface area contributed by atoms with E-state index in [4.69, 9.17) is 27.6 Å². The first-order chi connectivity index (χ1) is 20.7. The second-order valence-electron chi connectivity index (χ2n) is 10.5. The Bertz CT molecular complexity index is 1880. The Morgan fingerprint density at radius 3 is 2.72 bits per heavy atom. The van der Waals surface area contributed by atoms with E-state index in [0.29, 0.717) is 63.7 Å². The molecule has 6 rings (SSSR count). The number of carbonyl (C=O) groups excluding carboxylic acids is 1. The molecule has 3 atom stereocenters. The minimum Gasteiger partial charge on any atom is -0.464 e. The number of aromatic nitrogens is 6. The zero-order valence-electron chi connectivity index (χ0n) is 23.2. The second-order valence-corrected chi connectivity index (χ2v) is 11.3. The number of pyridine rings is 1. The third-order valence-corrected chi connectivity index (χ3v) is 7.96. The summed E-state index contributed by atoms with van der Waals surface area (Å²) in [6, 6.07) is 10.0. The summed E-state index contributed by atoms with van der Waals surface area (Å²) < 4.78 is 23.3. The first kappa shape index (κ1) is 28.8. The van der Waals surface area contributed by atoms with Gasteiger partial charge in [-0.1, -0.05) is 41.8 Å². The largest absolute Gasteiger partial charge is 0.464 e. The average Bonchev–Trinajstić information content (AvgIpc) is 3.61. The Kier molecular flexibility index (Phi) is 7.85. The number of hydrogen-bond donors (Lipinski definition) is 1. The van der Waals surface area contributed by atoms with Crippen LogP contribution in [-0.2, 0) is 4.79 Å². The van der Waals surface area contributed by atoms with Gasteiger partial charge in [-0.3, -0.25) is 14.6 Å². The molecule has 0 saturated carbocycles. The van der Waals surface area contributed by atoms with Crippen molar-refractivity contribution in [2.75, 3.05) is 5.32 Å². The van der Waals surface area contributed by atoms with Crippen LogP contribution < -0.4 is 10.7 Å². The highest BCUT2D eigenvalue weighted by Crippen LogP contribution is 2.36. The molecule has 2 bridgehead atoms. The summed E-state index contributed by atoms with van der Waals surface area (Å²) in [5, 5.41) is 15.6. The van der Waals surface area contributed by atoms with Crippen LogP contribution in [0.1, 0.15) is 56.6 Å². The monoisotopic (exact) mass is 621 g/mol. The van der Waals surface area contributed by atoms with Crippen LogP contribution in [0.3, 0.4) is 0 Å². The molecule has 13 heteroatoms. The molecule has 10 nitrogen and oxygen atoms in total. The molecule has 220 valence electrons. The molecule has 1 amide bonds. The Labute approximate surface area is 255 Å². The molecule has 1 aliphatic rings. The first-order valence-electron chi connectivity index (χ1n) is 13.7. The first-order valence-corrected chi connectivity index (χ1v) is 14.4. The smallest absolute Gasteiger partial charge is 0.227 e. The molecule has 0 radical (unpaired) electrons. The van der Waals surface area contributed by atoms with Crippen LogP contribution in [-0.4, -0.2) is 35.7 Å². The SMILES string of the molecule is CC(F)n1ncc2c1-c1ccnc(c1)C(c1coc(-c3cc(Cl)ccc3-n3cc(Cl)nn3)cc1=O)CCC[C@H](C)C(=O)N2. The Balaban J connectivity index is 1.45. The summed E-state index contributed by atoms with van der Waals surface area (Å²) in [6.45, 7) is 3.21. The van der Waals surface area contributed by atoms with Crippen molar-refractivity contribution in [3.05, 3.63) is 92.9 Å². The number of benzene rings is 1. The van der Waals surface area contributed by atoms with Gasteiger partial charge in [-0.2, -0.15) is 5.10 Å². The quantitative estimate of drug-likeness (QED) is 0.233. The lowest BCUT2D eigenvalue weighted by atomic mass is 9.88. The molecule has 1 aliphatic heterocycles. The van der Waals surface area contributed by atoms with Crippen molar-refractivity contribution in [2.45, 2.75) is 45.3 Å². The molecule has 43 heavy (non-hydrogen) atoms. The van der Waals surface area contributed by atoms with Gasteiger partial charge in [-0.15, -0.1) is 5.10 Å². The summed E-state index contributed by atoms with van der Waals surface area (Å²) in [4.78, 5) is 31.3. The van der Waals surface area contributed by atoms with Crippen LogP contribution in [0.4, 0.5) is 10.1 Å². The van der Waals surface area contributed by atoms with E-state index in [9.17, 15) is 14.0 Å². The fourth-order valence-corrected chi connectivity index (χ4v) is 5.66. The number of nitrogens with zero attached hydrogens (tertiary/aromatic N) is 6. The van der Waals surface area contributed by atoms with Crippen molar-refractivity contribution in [2.24, 2.45) is 5.92 Å². The number of anilines is 1. The van der Waals surface area contributed by atoms with E-state index in [2.05, 4.69) is 25.7 Å². The van der Waals surface area contributed by atoms with Gasteiger partial charge in [0.05, 0.1) is 35.7 Å². The van der Waals surface area contributed by atoms with Gasteiger partial charge in [0.2, 0.25) is 5.91 Å². The fraction of sp³-hybridized carbons (Fsp3) is 0.267. The zero-order valence-corrected chi connectivity index (χ0v) is 24.7. The molecule has 0 fully saturated rings. The van der Waals surface area contributed by atoms with Crippen LogP contribution in [0.15, 0.2) is 70.5 Å². The van der Waals surface area contributed by atoms with Crippen LogP contribution in [0.5, 0.6) is 0 Å². The highest BCUT2D eigenvalue weighted by atomic mass is 35.5. The maximum atomic E-state index is 14.6. The van der Waals surface area contributed by atoms with Gasteiger partial charge in [0, 0.05) is 51.5 Å². The number of nitrogens with one attached hydrogen (secondary N) is 1. The van der Waals surface area contributed by atoms with E-state index in [1.165, 1.54) is 41.0 Å². The molecular weight excluding hydrogens is 596 g/mol. The van der Waals surface area contributed by atoms with Crippen molar-refractivity contribution >= 4 is 34.8 Å². The average molecular weight is 622 g/mol. The van der Waals surface area contributed by atoms with Gasteiger partial charge in [0.25, 0.3) is 0 Å². The van der Waals surface area contributed by atoms with Gasteiger partial charge >= 0.3 is 0 Å².